The molecule has 0 bridgehead atoms. The standard InChI is InChI=1S/C14H11Cl2FO3S/c1-9-6-12(21(16,18)19)4-5-14(9)20-8-10-2-3-11(17)7-13(10)15/h2-7H,8H2,1H3. The minimum Gasteiger partial charge on any atom is -0.489 e. The smallest absolute Gasteiger partial charge is 0.261 e. The van der Waals surface area contributed by atoms with Gasteiger partial charge in [0.25, 0.3) is 9.05 Å². The number of ether oxygens (including phenoxy) is 1. The van der Waals surface area contributed by atoms with Crippen LogP contribution in [0.4, 0.5) is 4.39 Å². The number of rotatable bonds is 4. The molecule has 7 heteroatoms. The molecule has 0 aliphatic heterocycles. The van der Waals surface area contributed by atoms with Crippen molar-refractivity contribution in [3.05, 3.63) is 58.4 Å². The molecule has 0 aromatic heterocycles. The lowest BCUT2D eigenvalue weighted by Crippen LogP contribution is -1.99. The summed E-state index contributed by atoms with van der Waals surface area (Å²) in [6.07, 6.45) is 0. The molecule has 0 amide bonds. The van der Waals surface area contributed by atoms with Gasteiger partial charge in [-0.3, -0.25) is 0 Å². The van der Waals surface area contributed by atoms with E-state index < -0.39 is 14.9 Å². The Morgan fingerprint density at radius 3 is 2.48 bits per heavy atom. The van der Waals surface area contributed by atoms with E-state index in [9.17, 15) is 12.8 Å². The van der Waals surface area contributed by atoms with Crippen molar-refractivity contribution in [2.45, 2.75) is 18.4 Å². The molecule has 112 valence electrons. The Morgan fingerprint density at radius 1 is 1.19 bits per heavy atom. The molecule has 0 saturated heterocycles. The molecule has 0 radical (unpaired) electrons. The third-order valence-corrected chi connectivity index (χ3v) is 4.53. The lowest BCUT2D eigenvalue weighted by atomic mass is 10.2. The third-order valence-electron chi connectivity index (χ3n) is 2.83. The Bertz CT molecular complexity index is 776. The molecule has 0 fully saturated rings. The highest BCUT2D eigenvalue weighted by atomic mass is 35.7. The molecular weight excluding hydrogens is 338 g/mol. The van der Waals surface area contributed by atoms with E-state index in [0.717, 1.165) is 0 Å². The molecule has 3 nitrogen and oxygen atoms in total. The van der Waals surface area contributed by atoms with E-state index in [1.54, 1.807) is 6.92 Å². The second kappa shape index (κ2) is 6.22. The van der Waals surface area contributed by atoms with Crippen LogP contribution in [0, 0.1) is 12.7 Å². The van der Waals surface area contributed by atoms with E-state index in [1.165, 1.54) is 36.4 Å². The Balaban J connectivity index is 2.17. The summed E-state index contributed by atoms with van der Waals surface area (Å²) in [5.41, 5.74) is 1.25. The summed E-state index contributed by atoms with van der Waals surface area (Å²) in [6.45, 7) is 1.85. The van der Waals surface area contributed by atoms with E-state index in [2.05, 4.69) is 0 Å². The van der Waals surface area contributed by atoms with Crippen LogP contribution in [-0.2, 0) is 15.7 Å². The van der Waals surface area contributed by atoms with Crippen LogP contribution < -0.4 is 4.74 Å². The highest BCUT2D eigenvalue weighted by Gasteiger charge is 2.12. The first-order valence-corrected chi connectivity index (χ1v) is 8.58. The first-order valence-electron chi connectivity index (χ1n) is 5.89. The topological polar surface area (TPSA) is 43.4 Å². The third kappa shape index (κ3) is 4.09. The lowest BCUT2D eigenvalue weighted by Gasteiger charge is -2.11. The molecule has 0 saturated carbocycles. The molecule has 0 aliphatic carbocycles. The van der Waals surface area contributed by atoms with Gasteiger partial charge in [-0.1, -0.05) is 17.7 Å². The fraction of sp³-hybridized carbons (Fsp3) is 0.143. The predicted molar refractivity (Wildman–Crippen MR) is 80.0 cm³/mol. The van der Waals surface area contributed by atoms with Crippen molar-refractivity contribution in [3.63, 3.8) is 0 Å². The molecule has 0 aliphatic rings. The van der Waals surface area contributed by atoms with Gasteiger partial charge < -0.3 is 4.74 Å². The van der Waals surface area contributed by atoms with Crippen LogP contribution in [0.5, 0.6) is 5.75 Å². The Labute approximate surface area is 131 Å². The van der Waals surface area contributed by atoms with Crippen LogP contribution in [0.15, 0.2) is 41.3 Å². The van der Waals surface area contributed by atoms with Crippen LogP contribution in [0.25, 0.3) is 0 Å². The van der Waals surface area contributed by atoms with Crippen LogP contribution in [-0.4, -0.2) is 8.42 Å². The first kappa shape index (κ1) is 16.1. The Kier molecular flexibility index (Phi) is 4.76. The van der Waals surface area contributed by atoms with Crippen molar-refractivity contribution in [2.24, 2.45) is 0 Å². The summed E-state index contributed by atoms with van der Waals surface area (Å²) in [4.78, 5) is 0.00818. The van der Waals surface area contributed by atoms with E-state index >= 15 is 0 Å². The molecule has 0 atom stereocenters. The van der Waals surface area contributed by atoms with E-state index in [0.29, 0.717) is 16.9 Å². The first-order chi connectivity index (χ1) is 9.77. The van der Waals surface area contributed by atoms with Crippen molar-refractivity contribution in [1.29, 1.82) is 0 Å². The summed E-state index contributed by atoms with van der Waals surface area (Å²) < 4.78 is 41.0. The molecule has 0 N–H and O–H groups in total. The van der Waals surface area contributed by atoms with E-state index in [4.69, 9.17) is 27.0 Å². The summed E-state index contributed by atoms with van der Waals surface area (Å²) >= 11 is 5.90. The number of halogens is 3. The maximum Gasteiger partial charge on any atom is 0.261 e. The quantitative estimate of drug-likeness (QED) is 0.774. The summed E-state index contributed by atoms with van der Waals surface area (Å²) in [5.74, 6) is 0.0797. The molecule has 2 aromatic rings. The predicted octanol–water partition coefficient (Wildman–Crippen LogP) is 4.29. The number of hydrogen-bond donors (Lipinski definition) is 0. The summed E-state index contributed by atoms with van der Waals surface area (Å²) in [7, 11) is 1.50. The van der Waals surface area contributed by atoms with Crippen LogP contribution >= 0.6 is 22.3 Å². The number of benzene rings is 2. The lowest BCUT2D eigenvalue weighted by molar-refractivity contribution is 0.304. The fourth-order valence-electron chi connectivity index (χ4n) is 1.73. The van der Waals surface area contributed by atoms with E-state index in [1.807, 2.05) is 0 Å². The highest BCUT2D eigenvalue weighted by molar-refractivity contribution is 8.13. The SMILES string of the molecule is Cc1cc(S(=O)(=O)Cl)ccc1OCc1ccc(F)cc1Cl. The molecule has 0 spiro atoms. The van der Waals surface area contributed by atoms with Crippen molar-refractivity contribution in [1.82, 2.24) is 0 Å². The number of hydrogen-bond acceptors (Lipinski definition) is 3. The van der Waals surface area contributed by atoms with Crippen LogP contribution in [0.2, 0.25) is 5.02 Å². The maximum absolute atomic E-state index is 12.9. The molecule has 21 heavy (non-hydrogen) atoms. The molecule has 0 unspecified atom stereocenters. The van der Waals surface area contributed by atoms with Gasteiger partial charge in [-0.25, -0.2) is 12.8 Å². The highest BCUT2D eigenvalue weighted by Crippen LogP contribution is 2.26. The average Bonchev–Trinajstić information content (AvgIpc) is 2.38. The monoisotopic (exact) mass is 348 g/mol. The van der Waals surface area contributed by atoms with E-state index in [-0.39, 0.29) is 16.5 Å². The zero-order chi connectivity index (χ0) is 15.6. The van der Waals surface area contributed by atoms with Gasteiger partial charge in [-0.2, -0.15) is 0 Å². The maximum atomic E-state index is 12.9. The summed E-state index contributed by atoms with van der Waals surface area (Å²) in [5, 5.41) is 0.271. The zero-order valence-electron chi connectivity index (χ0n) is 10.9. The minimum atomic E-state index is -3.77. The molecule has 2 rings (SSSR count). The molecular formula is C14H11Cl2FO3S. The van der Waals surface area contributed by atoms with Crippen molar-refractivity contribution < 1.29 is 17.5 Å². The van der Waals surface area contributed by atoms with Gasteiger partial charge in [-0.05, 0) is 42.8 Å². The molecule has 2 aromatic carbocycles. The van der Waals surface area contributed by atoms with Crippen molar-refractivity contribution in [2.75, 3.05) is 0 Å². The Hall–Kier alpha value is -1.30. The normalized spacial score (nSPS) is 11.4. The van der Waals surface area contributed by atoms with Gasteiger partial charge in [0.05, 0.1) is 9.92 Å². The Morgan fingerprint density at radius 2 is 1.90 bits per heavy atom. The minimum absolute atomic E-state index is 0.00818. The van der Waals surface area contributed by atoms with Crippen molar-refractivity contribution >= 4 is 31.3 Å². The second-order valence-corrected chi connectivity index (χ2v) is 7.36. The van der Waals surface area contributed by atoms with Gasteiger partial charge in [0, 0.05) is 16.2 Å². The van der Waals surface area contributed by atoms with Crippen LogP contribution in [0.3, 0.4) is 0 Å². The fourth-order valence-corrected chi connectivity index (χ4v) is 2.79. The second-order valence-electron chi connectivity index (χ2n) is 4.39. The van der Waals surface area contributed by atoms with Gasteiger partial charge in [0.15, 0.2) is 0 Å². The average molecular weight is 349 g/mol. The van der Waals surface area contributed by atoms with Gasteiger partial charge in [0.2, 0.25) is 0 Å². The van der Waals surface area contributed by atoms with Gasteiger partial charge in [0.1, 0.15) is 18.2 Å². The van der Waals surface area contributed by atoms with Crippen molar-refractivity contribution in [3.8, 4) is 5.75 Å². The van der Waals surface area contributed by atoms with Crippen LogP contribution in [0.1, 0.15) is 11.1 Å². The van der Waals surface area contributed by atoms with Gasteiger partial charge in [-0.15, -0.1) is 0 Å². The van der Waals surface area contributed by atoms with Gasteiger partial charge >= 0.3 is 0 Å². The summed E-state index contributed by atoms with van der Waals surface area (Å²) in [6, 6.07) is 8.32. The number of aryl methyl sites for hydroxylation is 1. The largest absolute Gasteiger partial charge is 0.489 e. The zero-order valence-corrected chi connectivity index (χ0v) is 13.3. The molecule has 0 heterocycles.